The van der Waals surface area contributed by atoms with Crippen LogP contribution in [0, 0.1) is 10.1 Å². The fourth-order valence-corrected chi connectivity index (χ4v) is 2.19. The van der Waals surface area contributed by atoms with Crippen molar-refractivity contribution in [1.82, 2.24) is 0 Å². The number of carbonyl (C=O) groups excluding carboxylic acids is 1. The Hall–Kier alpha value is -3.35. The summed E-state index contributed by atoms with van der Waals surface area (Å²) in [6, 6.07) is 8.32. The molecule has 144 valence electrons. The first-order valence-electron chi connectivity index (χ1n) is 6.91. The number of non-ortho nitro benzene ring substituents is 1. The van der Waals surface area contributed by atoms with Crippen molar-refractivity contribution in [3.05, 3.63) is 58.6 Å². The van der Waals surface area contributed by atoms with Crippen molar-refractivity contribution in [1.29, 1.82) is 0 Å². The molecule has 27 heavy (non-hydrogen) atoms. The second kappa shape index (κ2) is 7.49. The number of urea groups is 1. The van der Waals surface area contributed by atoms with Crippen molar-refractivity contribution in [3.63, 3.8) is 0 Å². The Balaban J connectivity index is 1.97. The van der Waals surface area contributed by atoms with Crippen molar-refractivity contribution in [3.8, 4) is 5.75 Å². The molecule has 0 radical (unpaired) electrons. The number of nitrogens with zero attached hydrogens (tertiary/aromatic N) is 1. The van der Waals surface area contributed by atoms with E-state index in [9.17, 15) is 36.5 Å². The Labute approximate surface area is 150 Å². The van der Waals surface area contributed by atoms with E-state index < -0.39 is 32.3 Å². The van der Waals surface area contributed by atoms with Crippen LogP contribution in [0.2, 0.25) is 0 Å². The maximum Gasteiger partial charge on any atom is 0.534 e. The number of hydrogen-bond donors (Lipinski definition) is 2. The van der Waals surface area contributed by atoms with Crippen LogP contribution in [-0.4, -0.2) is 24.9 Å². The molecule has 0 aliphatic carbocycles. The number of alkyl halides is 3. The number of carbonyl (C=O) groups is 1. The lowest BCUT2D eigenvalue weighted by Gasteiger charge is -2.10. The number of nitro benzene ring substituents is 1. The average Bonchev–Trinajstić information content (AvgIpc) is 2.56. The molecule has 2 rings (SSSR count). The first-order valence-corrected chi connectivity index (χ1v) is 8.32. The minimum Gasteiger partial charge on any atom is -0.376 e. The van der Waals surface area contributed by atoms with Gasteiger partial charge in [0.25, 0.3) is 5.69 Å². The van der Waals surface area contributed by atoms with E-state index in [0.29, 0.717) is 0 Å². The molecule has 13 heteroatoms. The minimum atomic E-state index is -5.78. The lowest BCUT2D eigenvalue weighted by Crippen LogP contribution is -2.28. The van der Waals surface area contributed by atoms with E-state index in [2.05, 4.69) is 14.8 Å². The Morgan fingerprint density at radius 2 is 1.41 bits per heavy atom. The van der Waals surface area contributed by atoms with Crippen LogP contribution >= 0.6 is 0 Å². The first-order chi connectivity index (χ1) is 12.5. The Kier molecular flexibility index (Phi) is 5.54. The summed E-state index contributed by atoms with van der Waals surface area (Å²) in [4.78, 5) is 21.7. The monoisotopic (exact) mass is 405 g/mol. The summed E-state index contributed by atoms with van der Waals surface area (Å²) in [6.07, 6.45) is 0. The molecule has 2 amide bonds. The molecular weight excluding hydrogens is 395 g/mol. The van der Waals surface area contributed by atoms with Crippen LogP contribution < -0.4 is 14.8 Å². The molecular formula is C14H10F3N3O6S. The van der Waals surface area contributed by atoms with Gasteiger partial charge in [0.2, 0.25) is 0 Å². The lowest BCUT2D eigenvalue weighted by atomic mass is 10.3. The number of hydrogen-bond acceptors (Lipinski definition) is 6. The molecule has 0 saturated heterocycles. The molecule has 0 spiro atoms. The topological polar surface area (TPSA) is 128 Å². The van der Waals surface area contributed by atoms with Gasteiger partial charge in [-0.25, -0.2) is 4.79 Å². The summed E-state index contributed by atoms with van der Waals surface area (Å²) >= 11 is 0. The van der Waals surface area contributed by atoms with Gasteiger partial charge in [-0.2, -0.15) is 21.6 Å². The van der Waals surface area contributed by atoms with Crippen LogP contribution in [0.5, 0.6) is 5.75 Å². The summed E-state index contributed by atoms with van der Waals surface area (Å²) in [5.41, 5.74) is -5.33. The second-order valence-corrected chi connectivity index (χ2v) is 6.43. The van der Waals surface area contributed by atoms with Crippen molar-refractivity contribution in [2.45, 2.75) is 5.51 Å². The zero-order valence-corrected chi connectivity index (χ0v) is 13.9. The van der Waals surface area contributed by atoms with Crippen LogP contribution in [0.4, 0.5) is 35.0 Å². The highest BCUT2D eigenvalue weighted by atomic mass is 32.2. The summed E-state index contributed by atoms with van der Waals surface area (Å²) in [6.45, 7) is 0. The maximum atomic E-state index is 12.2. The average molecular weight is 405 g/mol. The highest BCUT2D eigenvalue weighted by Gasteiger charge is 2.48. The van der Waals surface area contributed by atoms with Crippen molar-refractivity contribution in [2.24, 2.45) is 0 Å². The quantitative estimate of drug-likeness (QED) is 0.339. The van der Waals surface area contributed by atoms with Gasteiger partial charge < -0.3 is 14.8 Å². The molecule has 9 nitrogen and oxygen atoms in total. The largest absolute Gasteiger partial charge is 0.534 e. The second-order valence-electron chi connectivity index (χ2n) is 4.89. The van der Waals surface area contributed by atoms with E-state index in [1.54, 1.807) is 0 Å². The third kappa shape index (κ3) is 5.31. The zero-order chi connectivity index (χ0) is 20.2. The molecule has 0 heterocycles. The van der Waals surface area contributed by atoms with Gasteiger partial charge in [-0.05, 0) is 36.4 Å². The predicted molar refractivity (Wildman–Crippen MR) is 87.8 cm³/mol. The smallest absolute Gasteiger partial charge is 0.376 e. The number of nitro groups is 1. The van der Waals surface area contributed by atoms with Gasteiger partial charge in [0.1, 0.15) is 5.75 Å². The van der Waals surface area contributed by atoms with E-state index in [4.69, 9.17) is 0 Å². The zero-order valence-electron chi connectivity index (χ0n) is 13.1. The number of anilines is 2. The van der Waals surface area contributed by atoms with Gasteiger partial charge in [0.05, 0.1) is 4.92 Å². The third-order valence-corrected chi connectivity index (χ3v) is 3.92. The van der Waals surface area contributed by atoms with Gasteiger partial charge in [0.15, 0.2) is 0 Å². The van der Waals surface area contributed by atoms with Crippen LogP contribution in [0.15, 0.2) is 48.5 Å². The fourth-order valence-electron chi connectivity index (χ4n) is 1.73. The standard InChI is InChI=1S/C14H10F3N3O6S/c15-14(16,17)27(24,25)26-12-7-3-10(4-8-12)19-13(21)18-9-1-5-11(6-2-9)20(22)23/h1-8H,(H2,18,19,21). The fraction of sp³-hybridized carbons (Fsp3) is 0.0714. The highest BCUT2D eigenvalue weighted by Crippen LogP contribution is 2.27. The SMILES string of the molecule is O=C(Nc1ccc(OS(=O)(=O)C(F)(F)F)cc1)Nc1ccc([N+](=O)[O-])cc1. The molecule has 2 N–H and O–H groups in total. The Morgan fingerprint density at radius 1 is 0.963 bits per heavy atom. The van der Waals surface area contributed by atoms with Gasteiger partial charge in [0, 0.05) is 23.5 Å². The molecule has 0 unspecified atom stereocenters. The predicted octanol–water partition coefficient (Wildman–Crippen LogP) is 3.47. The normalized spacial score (nSPS) is 11.5. The van der Waals surface area contributed by atoms with Crippen LogP contribution in [0.25, 0.3) is 0 Å². The van der Waals surface area contributed by atoms with Gasteiger partial charge in [-0.15, -0.1) is 0 Å². The van der Waals surface area contributed by atoms with Crippen LogP contribution in [-0.2, 0) is 10.1 Å². The molecule has 0 fully saturated rings. The van der Waals surface area contributed by atoms with Gasteiger partial charge in [-0.1, -0.05) is 0 Å². The molecule has 0 aromatic heterocycles. The maximum absolute atomic E-state index is 12.2. The van der Waals surface area contributed by atoms with Crippen LogP contribution in [0.3, 0.4) is 0 Å². The van der Waals surface area contributed by atoms with E-state index in [0.717, 1.165) is 24.3 Å². The lowest BCUT2D eigenvalue weighted by molar-refractivity contribution is -0.384. The molecule has 2 aromatic carbocycles. The highest BCUT2D eigenvalue weighted by molar-refractivity contribution is 7.88. The number of nitrogens with one attached hydrogen (secondary N) is 2. The van der Waals surface area contributed by atoms with Crippen molar-refractivity contribution in [2.75, 3.05) is 10.6 Å². The number of amides is 2. The molecule has 2 aromatic rings. The molecule has 0 aliphatic heterocycles. The summed E-state index contributed by atoms with van der Waals surface area (Å²) < 4.78 is 62.4. The van der Waals surface area contributed by atoms with E-state index >= 15 is 0 Å². The number of halogens is 3. The van der Waals surface area contributed by atoms with E-state index in [-0.39, 0.29) is 17.1 Å². The van der Waals surface area contributed by atoms with Gasteiger partial charge in [-0.3, -0.25) is 10.1 Å². The molecule has 0 bridgehead atoms. The Bertz CT molecular complexity index is 944. The third-order valence-electron chi connectivity index (χ3n) is 2.94. The van der Waals surface area contributed by atoms with E-state index in [1.165, 1.54) is 24.3 Å². The van der Waals surface area contributed by atoms with E-state index in [1.807, 2.05) is 0 Å². The first kappa shape index (κ1) is 20.0. The molecule has 0 saturated carbocycles. The number of rotatable bonds is 5. The van der Waals surface area contributed by atoms with Crippen molar-refractivity contribution >= 4 is 33.2 Å². The molecule has 0 aliphatic rings. The number of benzene rings is 2. The molecule has 0 atom stereocenters. The van der Waals surface area contributed by atoms with Crippen LogP contribution in [0.1, 0.15) is 0 Å². The summed E-state index contributed by atoms with van der Waals surface area (Å²) in [5, 5.41) is 15.3. The Morgan fingerprint density at radius 3 is 1.81 bits per heavy atom. The van der Waals surface area contributed by atoms with Crippen molar-refractivity contribution < 1.29 is 35.5 Å². The van der Waals surface area contributed by atoms with Gasteiger partial charge >= 0.3 is 21.7 Å². The summed E-state index contributed by atoms with van der Waals surface area (Å²) in [5.74, 6) is -0.589. The minimum absolute atomic E-state index is 0.131. The summed E-state index contributed by atoms with van der Waals surface area (Å²) in [7, 11) is -5.78.